The van der Waals surface area contributed by atoms with Gasteiger partial charge >= 0.3 is 12.5 Å². The molecule has 120 valence electrons. The predicted octanol–water partition coefficient (Wildman–Crippen LogP) is 2.20. The maximum absolute atomic E-state index is 12.8. The molecule has 0 saturated heterocycles. The molecule has 2 unspecified atom stereocenters. The number of halogens is 4. The zero-order chi connectivity index (χ0) is 16.3. The largest absolute Gasteiger partial charge is 0.461 e. The quantitative estimate of drug-likeness (QED) is 0.826. The van der Waals surface area contributed by atoms with Crippen LogP contribution in [-0.4, -0.2) is 37.8 Å². The van der Waals surface area contributed by atoms with Crippen molar-refractivity contribution < 1.29 is 27.4 Å². The highest BCUT2D eigenvalue weighted by Gasteiger charge is 2.43. The molecule has 0 fully saturated rings. The number of aromatic nitrogens is 4. The van der Waals surface area contributed by atoms with Gasteiger partial charge in [-0.3, -0.25) is 0 Å². The molecule has 0 aliphatic heterocycles. The van der Waals surface area contributed by atoms with Crippen molar-refractivity contribution in [2.24, 2.45) is 0 Å². The first-order chi connectivity index (χ1) is 10.3. The van der Waals surface area contributed by atoms with Gasteiger partial charge < -0.3 is 9.84 Å². The van der Waals surface area contributed by atoms with E-state index in [1.807, 2.05) is 0 Å². The molecule has 2 rings (SSSR count). The van der Waals surface area contributed by atoms with Gasteiger partial charge in [-0.25, -0.2) is 0 Å². The number of alkyl halides is 4. The van der Waals surface area contributed by atoms with E-state index >= 15 is 0 Å². The van der Waals surface area contributed by atoms with E-state index in [4.69, 9.17) is 0 Å². The summed E-state index contributed by atoms with van der Waals surface area (Å²) in [4.78, 5) is 1.18. The van der Waals surface area contributed by atoms with Crippen molar-refractivity contribution in [1.29, 1.82) is 0 Å². The third kappa shape index (κ3) is 3.50. The topological polar surface area (TPSA) is 73.1 Å². The fourth-order valence-electron chi connectivity index (χ4n) is 1.70. The Labute approximate surface area is 122 Å². The highest BCUT2D eigenvalue weighted by Crippen LogP contribution is 2.30. The molecule has 2 aromatic rings. The van der Waals surface area contributed by atoms with Crippen molar-refractivity contribution >= 4 is 0 Å². The molecule has 0 spiro atoms. The number of hydrogen-bond acceptors (Lipinski definition) is 5. The number of hydrogen-bond donors (Lipinski definition) is 1. The first kappa shape index (κ1) is 16.1. The Hall–Kier alpha value is -2.23. The lowest BCUT2D eigenvalue weighted by Gasteiger charge is -2.19. The van der Waals surface area contributed by atoms with Gasteiger partial charge in [0.2, 0.25) is 0 Å². The fraction of sp³-hybridized carbons (Fsp3) is 0.417. The minimum absolute atomic E-state index is 0.359. The molecule has 1 N–H and O–H groups in total. The third-order valence-corrected chi connectivity index (χ3v) is 2.92. The molecular weight excluding hydrogens is 308 g/mol. The van der Waals surface area contributed by atoms with Crippen molar-refractivity contribution in [1.82, 2.24) is 20.2 Å². The molecule has 1 aromatic heterocycles. The van der Waals surface area contributed by atoms with Crippen molar-refractivity contribution in [3.8, 4) is 5.75 Å². The van der Waals surface area contributed by atoms with Gasteiger partial charge in [-0.1, -0.05) is 12.1 Å². The summed E-state index contributed by atoms with van der Waals surface area (Å²) in [6.07, 6.45) is -8.35. The fourth-order valence-corrected chi connectivity index (χ4v) is 1.70. The van der Waals surface area contributed by atoms with Crippen LogP contribution >= 0.6 is 0 Å². The van der Waals surface area contributed by atoms with E-state index in [0.29, 0.717) is 5.56 Å². The van der Waals surface area contributed by atoms with Crippen molar-refractivity contribution in [3.05, 3.63) is 36.2 Å². The molecule has 0 radical (unpaired) electrons. The molecule has 0 amide bonds. The summed E-state index contributed by atoms with van der Waals surface area (Å²) < 4.78 is 53.5. The van der Waals surface area contributed by atoms with Crippen LogP contribution in [-0.2, 0) is 0 Å². The van der Waals surface area contributed by atoms with E-state index in [2.05, 4.69) is 20.1 Å². The summed E-state index contributed by atoms with van der Waals surface area (Å²) in [6.45, 7) is 1.63. The lowest BCUT2D eigenvalue weighted by atomic mass is 10.0. The molecule has 0 aliphatic carbocycles. The SMILES string of the molecule is CC(C(O)c1ccc(OC(F)(F)C(F)F)cc1)n1ncnn1. The van der Waals surface area contributed by atoms with Crippen molar-refractivity contribution in [2.75, 3.05) is 0 Å². The molecule has 2 atom stereocenters. The number of nitrogens with zero attached hydrogens (tertiary/aromatic N) is 4. The first-order valence-electron chi connectivity index (χ1n) is 6.16. The zero-order valence-electron chi connectivity index (χ0n) is 11.3. The van der Waals surface area contributed by atoms with Crippen LogP contribution in [0.2, 0.25) is 0 Å². The van der Waals surface area contributed by atoms with Gasteiger partial charge in [0.1, 0.15) is 17.9 Å². The summed E-state index contributed by atoms with van der Waals surface area (Å²) in [5.41, 5.74) is 0.359. The van der Waals surface area contributed by atoms with Crippen molar-refractivity contribution in [2.45, 2.75) is 31.6 Å². The van der Waals surface area contributed by atoms with E-state index in [1.54, 1.807) is 6.92 Å². The summed E-state index contributed by atoms with van der Waals surface area (Å²) in [6, 6.07) is 4.15. The second-order valence-corrected chi connectivity index (χ2v) is 4.48. The van der Waals surface area contributed by atoms with E-state index in [9.17, 15) is 22.7 Å². The van der Waals surface area contributed by atoms with Gasteiger partial charge in [0.25, 0.3) is 0 Å². The summed E-state index contributed by atoms with van der Waals surface area (Å²) in [5.74, 6) is -0.437. The maximum atomic E-state index is 12.8. The van der Waals surface area contributed by atoms with Gasteiger partial charge in [0.05, 0.1) is 0 Å². The van der Waals surface area contributed by atoms with Crippen LogP contribution in [0.25, 0.3) is 0 Å². The molecule has 6 nitrogen and oxygen atoms in total. The minimum Gasteiger partial charge on any atom is -0.428 e. The molecule has 0 aliphatic rings. The van der Waals surface area contributed by atoms with Crippen molar-refractivity contribution in [3.63, 3.8) is 0 Å². The average Bonchev–Trinajstić information content (AvgIpc) is 3.00. The van der Waals surface area contributed by atoms with Crippen LogP contribution in [0.4, 0.5) is 17.6 Å². The molecule has 10 heteroatoms. The van der Waals surface area contributed by atoms with E-state index in [0.717, 1.165) is 12.1 Å². The highest BCUT2D eigenvalue weighted by molar-refractivity contribution is 5.29. The Morgan fingerprint density at radius 3 is 2.36 bits per heavy atom. The third-order valence-electron chi connectivity index (χ3n) is 2.92. The summed E-state index contributed by atoms with van der Waals surface area (Å²) in [5, 5.41) is 21.1. The lowest BCUT2D eigenvalue weighted by molar-refractivity contribution is -0.253. The standard InChI is InChI=1S/C12H12F4N4O2/c1-7(20-18-6-17-19-20)10(21)8-2-4-9(5-3-8)22-12(15,16)11(13)14/h2-7,10-11,21H,1H3. The monoisotopic (exact) mass is 320 g/mol. The molecular formula is C12H12F4N4O2. The van der Waals surface area contributed by atoms with Gasteiger partial charge in [0, 0.05) is 0 Å². The van der Waals surface area contributed by atoms with Gasteiger partial charge in [-0.15, -0.1) is 10.2 Å². The van der Waals surface area contributed by atoms with E-state index < -0.39 is 30.4 Å². The maximum Gasteiger partial charge on any atom is 0.461 e. The minimum atomic E-state index is -4.57. The van der Waals surface area contributed by atoms with E-state index in [-0.39, 0.29) is 0 Å². The highest BCUT2D eigenvalue weighted by atomic mass is 19.3. The molecule has 0 bridgehead atoms. The molecule has 0 saturated carbocycles. The summed E-state index contributed by atoms with van der Waals surface area (Å²) >= 11 is 0. The predicted molar refractivity (Wildman–Crippen MR) is 65.5 cm³/mol. The Balaban J connectivity index is 2.08. The van der Waals surface area contributed by atoms with Gasteiger partial charge in [-0.05, 0) is 29.8 Å². The molecule has 22 heavy (non-hydrogen) atoms. The number of ether oxygens (including phenoxy) is 1. The van der Waals surface area contributed by atoms with Crippen LogP contribution in [0.3, 0.4) is 0 Å². The van der Waals surface area contributed by atoms with Gasteiger partial charge in [0.15, 0.2) is 6.33 Å². The second-order valence-electron chi connectivity index (χ2n) is 4.48. The lowest BCUT2D eigenvalue weighted by Crippen LogP contribution is -2.33. The zero-order valence-corrected chi connectivity index (χ0v) is 11.3. The normalized spacial score (nSPS) is 14.9. The average molecular weight is 320 g/mol. The molecule has 1 aromatic carbocycles. The Bertz CT molecular complexity index is 592. The number of aliphatic hydroxyl groups excluding tert-OH is 1. The van der Waals surface area contributed by atoms with E-state index in [1.165, 1.54) is 23.3 Å². The second kappa shape index (κ2) is 6.26. The number of benzene rings is 1. The summed E-state index contributed by atoms with van der Waals surface area (Å²) in [7, 11) is 0. The van der Waals surface area contributed by atoms with Crippen LogP contribution in [0.15, 0.2) is 30.6 Å². The Kier molecular flexibility index (Phi) is 4.59. The van der Waals surface area contributed by atoms with Crippen LogP contribution < -0.4 is 4.74 Å². The Morgan fingerprint density at radius 1 is 1.23 bits per heavy atom. The smallest absolute Gasteiger partial charge is 0.428 e. The number of aliphatic hydroxyl groups is 1. The number of tetrazole rings is 1. The number of rotatable bonds is 6. The molecule has 1 heterocycles. The Morgan fingerprint density at radius 2 is 1.86 bits per heavy atom. The van der Waals surface area contributed by atoms with Crippen LogP contribution in [0.1, 0.15) is 24.6 Å². The van der Waals surface area contributed by atoms with Gasteiger partial charge in [-0.2, -0.15) is 22.4 Å². The first-order valence-corrected chi connectivity index (χ1v) is 6.16. The van der Waals surface area contributed by atoms with Crippen LogP contribution in [0.5, 0.6) is 5.75 Å². The van der Waals surface area contributed by atoms with Crippen LogP contribution in [0, 0.1) is 0 Å².